The van der Waals surface area contributed by atoms with Crippen molar-refractivity contribution in [2.45, 2.75) is 52.5 Å². The van der Waals surface area contributed by atoms with Crippen molar-refractivity contribution in [2.75, 3.05) is 14.1 Å². The average molecular weight is 171 g/mol. The second-order valence-corrected chi connectivity index (χ2v) is 4.12. The Hall–Kier alpha value is -0.0400. The molecule has 0 rings (SSSR count). The Morgan fingerprint density at radius 3 is 1.92 bits per heavy atom. The smallest absolute Gasteiger partial charge is 0.00866 e. The molecule has 0 spiro atoms. The van der Waals surface area contributed by atoms with Crippen molar-refractivity contribution in [3.05, 3.63) is 0 Å². The third-order valence-electron chi connectivity index (χ3n) is 2.89. The molecule has 0 heterocycles. The standard InChI is InChI=1S/C11H25N/c1-6-10(3)8-9-11(7-2)12(4)5/h10-11H,6-9H2,1-5H3/t10-,11?/m0/s1. The lowest BCUT2D eigenvalue weighted by Crippen LogP contribution is -2.27. The molecule has 1 heteroatoms. The molecule has 0 aromatic carbocycles. The monoisotopic (exact) mass is 171 g/mol. The van der Waals surface area contributed by atoms with E-state index >= 15 is 0 Å². The summed E-state index contributed by atoms with van der Waals surface area (Å²) in [4.78, 5) is 2.35. The van der Waals surface area contributed by atoms with Crippen LogP contribution in [0.2, 0.25) is 0 Å². The molecule has 2 atom stereocenters. The highest BCUT2D eigenvalue weighted by Gasteiger charge is 2.09. The van der Waals surface area contributed by atoms with Crippen LogP contribution in [0.5, 0.6) is 0 Å². The fourth-order valence-electron chi connectivity index (χ4n) is 1.51. The maximum atomic E-state index is 2.35. The van der Waals surface area contributed by atoms with E-state index in [-0.39, 0.29) is 0 Å². The zero-order chi connectivity index (χ0) is 9.56. The molecule has 74 valence electrons. The zero-order valence-electron chi connectivity index (χ0n) is 9.43. The lowest BCUT2D eigenvalue weighted by molar-refractivity contribution is 0.254. The predicted molar refractivity (Wildman–Crippen MR) is 56.5 cm³/mol. The molecule has 12 heavy (non-hydrogen) atoms. The van der Waals surface area contributed by atoms with Gasteiger partial charge in [-0.05, 0) is 39.3 Å². The van der Waals surface area contributed by atoms with Crippen molar-refractivity contribution in [3.8, 4) is 0 Å². The van der Waals surface area contributed by atoms with Crippen LogP contribution in [0.3, 0.4) is 0 Å². The molecule has 1 unspecified atom stereocenters. The highest BCUT2D eigenvalue weighted by atomic mass is 15.1. The van der Waals surface area contributed by atoms with Crippen LogP contribution in [0.15, 0.2) is 0 Å². The molecule has 0 saturated carbocycles. The summed E-state index contributed by atoms with van der Waals surface area (Å²) in [6, 6.07) is 0.791. The first-order valence-electron chi connectivity index (χ1n) is 5.28. The van der Waals surface area contributed by atoms with Crippen LogP contribution >= 0.6 is 0 Å². The van der Waals surface area contributed by atoms with Gasteiger partial charge in [0.1, 0.15) is 0 Å². The Morgan fingerprint density at radius 2 is 1.58 bits per heavy atom. The third kappa shape index (κ3) is 4.76. The van der Waals surface area contributed by atoms with E-state index in [1.807, 2.05) is 0 Å². The highest BCUT2D eigenvalue weighted by molar-refractivity contribution is 4.65. The maximum Gasteiger partial charge on any atom is 0.00866 e. The van der Waals surface area contributed by atoms with Gasteiger partial charge in [0.2, 0.25) is 0 Å². The minimum atomic E-state index is 0.791. The second-order valence-electron chi connectivity index (χ2n) is 4.12. The van der Waals surface area contributed by atoms with Gasteiger partial charge >= 0.3 is 0 Å². The number of hydrogen-bond donors (Lipinski definition) is 0. The molecule has 0 aliphatic heterocycles. The fraction of sp³-hybridized carbons (Fsp3) is 1.00. The molecule has 0 fully saturated rings. The summed E-state index contributed by atoms with van der Waals surface area (Å²) in [5.41, 5.74) is 0. The Balaban J connectivity index is 3.58. The first kappa shape index (κ1) is 12.0. The number of hydrogen-bond acceptors (Lipinski definition) is 1. The van der Waals surface area contributed by atoms with Gasteiger partial charge in [0.25, 0.3) is 0 Å². The highest BCUT2D eigenvalue weighted by Crippen LogP contribution is 2.15. The Kier molecular flexibility index (Phi) is 6.45. The molecular weight excluding hydrogens is 146 g/mol. The lowest BCUT2D eigenvalue weighted by Gasteiger charge is -2.23. The second kappa shape index (κ2) is 6.47. The van der Waals surface area contributed by atoms with Gasteiger partial charge in [0.15, 0.2) is 0 Å². The van der Waals surface area contributed by atoms with Crippen molar-refractivity contribution < 1.29 is 0 Å². The summed E-state index contributed by atoms with van der Waals surface area (Å²) in [6.45, 7) is 6.91. The predicted octanol–water partition coefficient (Wildman–Crippen LogP) is 3.15. The molecule has 1 nitrogen and oxygen atoms in total. The summed E-state index contributed by atoms with van der Waals surface area (Å²) in [5, 5.41) is 0. The van der Waals surface area contributed by atoms with Gasteiger partial charge in [0.05, 0.1) is 0 Å². The maximum absolute atomic E-state index is 2.35. The molecule has 0 amide bonds. The molecular formula is C11H25N. The van der Waals surface area contributed by atoms with E-state index in [4.69, 9.17) is 0 Å². The largest absolute Gasteiger partial charge is 0.306 e. The van der Waals surface area contributed by atoms with Crippen molar-refractivity contribution in [1.82, 2.24) is 4.90 Å². The molecule has 0 saturated heterocycles. The van der Waals surface area contributed by atoms with Crippen LogP contribution in [0.1, 0.15) is 46.5 Å². The number of nitrogens with zero attached hydrogens (tertiary/aromatic N) is 1. The molecule has 0 bridgehead atoms. The van der Waals surface area contributed by atoms with Crippen molar-refractivity contribution in [2.24, 2.45) is 5.92 Å². The van der Waals surface area contributed by atoms with E-state index in [1.165, 1.54) is 25.7 Å². The van der Waals surface area contributed by atoms with E-state index in [0.717, 1.165) is 12.0 Å². The zero-order valence-corrected chi connectivity index (χ0v) is 9.43. The van der Waals surface area contributed by atoms with E-state index in [2.05, 4.69) is 39.8 Å². The normalized spacial score (nSPS) is 16.5. The molecule has 0 aromatic rings. The Labute approximate surface area is 78.1 Å². The van der Waals surface area contributed by atoms with Crippen molar-refractivity contribution >= 4 is 0 Å². The Bertz CT molecular complexity index is 99.2. The van der Waals surface area contributed by atoms with Crippen LogP contribution in [-0.4, -0.2) is 25.0 Å². The molecule has 0 radical (unpaired) electrons. The van der Waals surface area contributed by atoms with E-state index in [0.29, 0.717) is 0 Å². The quantitative estimate of drug-likeness (QED) is 0.593. The fourth-order valence-corrected chi connectivity index (χ4v) is 1.51. The van der Waals surface area contributed by atoms with Crippen LogP contribution < -0.4 is 0 Å². The average Bonchev–Trinajstić information content (AvgIpc) is 2.04. The Morgan fingerprint density at radius 1 is 1.00 bits per heavy atom. The first-order chi connectivity index (χ1) is 5.61. The van der Waals surface area contributed by atoms with Gasteiger partial charge < -0.3 is 4.90 Å². The van der Waals surface area contributed by atoms with Gasteiger partial charge in [0, 0.05) is 6.04 Å². The van der Waals surface area contributed by atoms with E-state index in [1.54, 1.807) is 0 Å². The van der Waals surface area contributed by atoms with Crippen LogP contribution in [-0.2, 0) is 0 Å². The van der Waals surface area contributed by atoms with Crippen LogP contribution in [0, 0.1) is 5.92 Å². The van der Waals surface area contributed by atoms with Gasteiger partial charge in [-0.25, -0.2) is 0 Å². The first-order valence-corrected chi connectivity index (χ1v) is 5.28. The summed E-state index contributed by atoms with van der Waals surface area (Å²) < 4.78 is 0. The van der Waals surface area contributed by atoms with Crippen LogP contribution in [0.25, 0.3) is 0 Å². The summed E-state index contributed by atoms with van der Waals surface area (Å²) in [6.07, 6.45) is 5.35. The van der Waals surface area contributed by atoms with Gasteiger partial charge in [-0.3, -0.25) is 0 Å². The SMILES string of the molecule is CCC(CC[C@@H](C)CC)N(C)C. The van der Waals surface area contributed by atoms with Gasteiger partial charge in [-0.2, -0.15) is 0 Å². The van der Waals surface area contributed by atoms with E-state index in [9.17, 15) is 0 Å². The third-order valence-corrected chi connectivity index (χ3v) is 2.89. The summed E-state index contributed by atoms with van der Waals surface area (Å²) in [5.74, 6) is 0.902. The summed E-state index contributed by atoms with van der Waals surface area (Å²) in [7, 11) is 4.37. The molecule has 0 aliphatic carbocycles. The molecule has 0 N–H and O–H groups in total. The van der Waals surface area contributed by atoms with E-state index < -0.39 is 0 Å². The lowest BCUT2D eigenvalue weighted by atomic mass is 9.98. The minimum absolute atomic E-state index is 0.791. The molecule has 0 aliphatic rings. The topological polar surface area (TPSA) is 3.24 Å². The minimum Gasteiger partial charge on any atom is -0.306 e. The van der Waals surface area contributed by atoms with Crippen molar-refractivity contribution in [3.63, 3.8) is 0 Å². The van der Waals surface area contributed by atoms with Gasteiger partial charge in [-0.1, -0.05) is 27.2 Å². The van der Waals surface area contributed by atoms with Gasteiger partial charge in [-0.15, -0.1) is 0 Å². The van der Waals surface area contributed by atoms with Crippen LogP contribution in [0.4, 0.5) is 0 Å². The van der Waals surface area contributed by atoms with Crippen molar-refractivity contribution in [1.29, 1.82) is 0 Å². The molecule has 0 aromatic heterocycles. The summed E-state index contributed by atoms with van der Waals surface area (Å²) >= 11 is 0. The number of rotatable bonds is 6.